The predicted octanol–water partition coefficient (Wildman–Crippen LogP) is 1.13. The molecule has 0 atom stereocenters. The monoisotopic (exact) mass is 379 g/mol. The summed E-state index contributed by atoms with van der Waals surface area (Å²) in [4.78, 5) is -2.56. The van der Waals surface area contributed by atoms with Crippen LogP contribution in [0, 0.1) is 0 Å². The molecule has 23 heavy (non-hydrogen) atoms. The van der Waals surface area contributed by atoms with E-state index in [1.165, 1.54) is 0 Å². The number of benzene rings is 1. The van der Waals surface area contributed by atoms with Gasteiger partial charge in [-0.05, 0) is 12.1 Å². The Hall–Kier alpha value is -1.80. The van der Waals surface area contributed by atoms with Crippen LogP contribution in [-0.2, 0) is 26.0 Å². The van der Waals surface area contributed by atoms with E-state index in [1.807, 2.05) is 0 Å². The molecule has 0 fully saturated rings. The van der Waals surface area contributed by atoms with Gasteiger partial charge in [0.2, 0.25) is 10.0 Å². The molecular formula is C9H6F5N3O4S2. The van der Waals surface area contributed by atoms with Crippen molar-refractivity contribution in [2.45, 2.75) is 21.9 Å². The van der Waals surface area contributed by atoms with Crippen LogP contribution >= 0.6 is 0 Å². The van der Waals surface area contributed by atoms with Gasteiger partial charge < -0.3 is 5.32 Å². The molecule has 0 amide bonds. The maximum Gasteiger partial charge on any atom is 0.458 e. The standard InChI is InChI=1S/C9H6F5N3O4S2/c10-8(11,9(12,13)14)4-1-5-7(2-6(4)22(15,18)19)23(20,21)17-3-16-5/h1-3H,(H,16,17)(H2,15,18,19). The van der Waals surface area contributed by atoms with E-state index in [4.69, 9.17) is 0 Å². The van der Waals surface area contributed by atoms with Crippen LogP contribution in [0.5, 0.6) is 0 Å². The third kappa shape index (κ3) is 2.88. The minimum Gasteiger partial charge on any atom is -0.345 e. The summed E-state index contributed by atoms with van der Waals surface area (Å²) in [5.41, 5.74) is -2.68. The van der Waals surface area contributed by atoms with Crippen molar-refractivity contribution in [3.05, 3.63) is 17.7 Å². The van der Waals surface area contributed by atoms with Gasteiger partial charge in [0, 0.05) is 0 Å². The quantitative estimate of drug-likeness (QED) is 0.747. The first kappa shape index (κ1) is 17.6. The second-order valence-electron chi connectivity index (χ2n) is 4.32. The molecule has 7 nitrogen and oxygen atoms in total. The highest BCUT2D eigenvalue weighted by Gasteiger charge is 2.60. The predicted molar refractivity (Wildman–Crippen MR) is 67.1 cm³/mol. The van der Waals surface area contributed by atoms with Crippen molar-refractivity contribution in [3.8, 4) is 0 Å². The van der Waals surface area contributed by atoms with E-state index >= 15 is 0 Å². The summed E-state index contributed by atoms with van der Waals surface area (Å²) in [6.07, 6.45) is -5.58. The number of hydrogen-bond donors (Lipinski definition) is 2. The van der Waals surface area contributed by atoms with Crippen LogP contribution in [-0.4, -0.2) is 29.4 Å². The summed E-state index contributed by atoms with van der Waals surface area (Å²) in [7, 11) is -9.55. The lowest BCUT2D eigenvalue weighted by Crippen LogP contribution is -2.36. The molecule has 0 bridgehead atoms. The number of halogens is 5. The molecule has 1 aliphatic rings. The van der Waals surface area contributed by atoms with Crippen molar-refractivity contribution >= 4 is 32.1 Å². The Bertz CT molecular complexity index is 906. The van der Waals surface area contributed by atoms with Gasteiger partial charge in [-0.15, -0.1) is 4.40 Å². The molecule has 0 saturated heterocycles. The number of fused-ring (bicyclic) bond motifs is 1. The van der Waals surface area contributed by atoms with Crippen molar-refractivity contribution in [3.63, 3.8) is 0 Å². The van der Waals surface area contributed by atoms with Crippen molar-refractivity contribution in [2.24, 2.45) is 9.54 Å². The average Bonchev–Trinajstić information content (AvgIpc) is 2.34. The summed E-state index contributed by atoms with van der Waals surface area (Å²) >= 11 is 0. The molecule has 1 aromatic rings. The summed E-state index contributed by atoms with van der Waals surface area (Å²) in [6.45, 7) is 0. The molecule has 0 spiro atoms. The average molecular weight is 379 g/mol. The Morgan fingerprint density at radius 1 is 1.13 bits per heavy atom. The number of sulfonamides is 2. The van der Waals surface area contributed by atoms with Crippen LogP contribution in [0.25, 0.3) is 0 Å². The zero-order valence-electron chi connectivity index (χ0n) is 10.6. The fourth-order valence-electron chi connectivity index (χ4n) is 1.74. The molecule has 3 N–H and O–H groups in total. The largest absolute Gasteiger partial charge is 0.458 e. The molecule has 0 radical (unpaired) electrons. The Morgan fingerprint density at radius 3 is 2.17 bits per heavy atom. The van der Waals surface area contributed by atoms with Gasteiger partial charge in [0.25, 0.3) is 10.0 Å². The van der Waals surface area contributed by atoms with E-state index in [-0.39, 0.29) is 12.1 Å². The normalized spacial score (nSPS) is 17.5. The minimum atomic E-state index is -6.12. The van der Waals surface area contributed by atoms with Crippen molar-refractivity contribution < 1.29 is 38.8 Å². The second-order valence-corrected chi connectivity index (χ2v) is 7.45. The van der Waals surface area contributed by atoms with Crippen LogP contribution in [0.4, 0.5) is 27.6 Å². The number of alkyl halides is 5. The van der Waals surface area contributed by atoms with E-state index < -0.39 is 53.2 Å². The summed E-state index contributed by atoms with van der Waals surface area (Å²) in [6, 6.07) is 0.170. The number of hydrogen-bond acceptors (Lipinski definition) is 5. The van der Waals surface area contributed by atoms with Gasteiger partial charge >= 0.3 is 12.1 Å². The van der Waals surface area contributed by atoms with Gasteiger partial charge in [-0.1, -0.05) is 0 Å². The molecule has 0 aliphatic carbocycles. The second kappa shape index (κ2) is 4.85. The smallest absolute Gasteiger partial charge is 0.345 e. The number of anilines is 1. The van der Waals surface area contributed by atoms with Gasteiger partial charge in [-0.25, -0.2) is 13.6 Å². The van der Waals surface area contributed by atoms with Crippen molar-refractivity contribution in [1.29, 1.82) is 0 Å². The lowest BCUT2D eigenvalue weighted by atomic mass is 10.1. The zero-order chi connectivity index (χ0) is 17.8. The SMILES string of the molecule is NS(=O)(=O)c1cc2c(cc1C(F)(F)C(F)(F)F)NC=NS2(=O)=O. The fraction of sp³-hybridized carbons (Fsp3) is 0.222. The molecule has 128 valence electrons. The zero-order valence-corrected chi connectivity index (χ0v) is 12.2. The molecule has 0 saturated carbocycles. The summed E-state index contributed by atoms with van der Waals surface area (Å²) in [5, 5.41) is 6.69. The van der Waals surface area contributed by atoms with Gasteiger partial charge in [0.15, 0.2) is 0 Å². The Labute approximate surface area is 126 Å². The lowest BCUT2D eigenvalue weighted by molar-refractivity contribution is -0.290. The maximum absolute atomic E-state index is 13.6. The number of nitrogens with zero attached hydrogens (tertiary/aromatic N) is 1. The van der Waals surface area contributed by atoms with Gasteiger partial charge in [0.05, 0.1) is 16.1 Å². The molecule has 1 aliphatic heterocycles. The summed E-state index contributed by atoms with van der Waals surface area (Å²) in [5.74, 6) is -5.58. The van der Waals surface area contributed by atoms with Crippen LogP contribution in [0.2, 0.25) is 0 Å². The van der Waals surface area contributed by atoms with Crippen LogP contribution in [0.15, 0.2) is 26.3 Å². The first-order valence-electron chi connectivity index (χ1n) is 5.39. The lowest BCUT2D eigenvalue weighted by Gasteiger charge is -2.24. The molecular weight excluding hydrogens is 373 g/mol. The van der Waals surface area contributed by atoms with Crippen molar-refractivity contribution in [1.82, 2.24) is 0 Å². The van der Waals surface area contributed by atoms with E-state index in [9.17, 15) is 38.8 Å². The fourth-order valence-corrected chi connectivity index (χ4v) is 3.56. The first-order valence-corrected chi connectivity index (χ1v) is 8.38. The van der Waals surface area contributed by atoms with Gasteiger partial charge in [-0.2, -0.15) is 30.4 Å². The van der Waals surface area contributed by atoms with Crippen LogP contribution < -0.4 is 10.5 Å². The Balaban J connectivity index is 2.91. The molecule has 0 unspecified atom stereocenters. The Kier molecular flexibility index (Phi) is 3.70. The van der Waals surface area contributed by atoms with Gasteiger partial charge in [0.1, 0.15) is 11.2 Å². The van der Waals surface area contributed by atoms with E-state index in [0.717, 1.165) is 0 Å². The van der Waals surface area contributed by atoms with Crippen LogP contribution in [0.3, 0.4) is 0 Å². The number of primary sulfonamides is 1. The topological polar surface area (TPSA) is 119 Å². The highest BCUT2D eigenvalue weighted by atomic mass is 32.2. The maximum atomic E-state index is 13.6. The van der Waals surface area contributed by atoms with E-state index in [2.05, 4.69) is 14.9 Å². The number of nitrogens with one attached hydrogen (secondary N) is 1. The molecule has 2 rings (SSSR count). The molecule has 1 heterocycles. The van der Waals surface area contributed by atoms with Crippen LogP contribution in [0.1, 0.15) is 5.56 Å². The first-order chi connectivity index (χ1) is 10.2. The molecule has 1 aromatic carbocycles. The summed E-state index contributed by atoms with van der Waals surface area (Å²) < 4.78 is 114. The highest BCUT2D eigenvalue weighted by molar-refractivity contribution is 7.91. The number of nitrogens with two attached hydrogens (primary N) is 1. The third-order valence-electron chi connectivity index (χ3n) is 2.77. The Morgan fingerprint density at radius 2 is 1.70 bits per heavy atom. The number of rotatable bonds is 2. The molecule has 14 heteroatoms. The van der Waals surface area contributed by atoms with E-state index in [0.29, 0.717) is 6.34 Å². The van der Waals surface area contributed by atoms with Crippen molar-refractivity contribution in [2.75, 3.05) is 5.32 Å². The van der Waals surface area contributed by atoms with E-state index in [1.54, 1.807) is 0 Å². The third-order valence-corrected chi connectivity index (χ3v) is 5.00. The molecule has 0 aromatic heterocycles. The van der Waals surface area contributed by atoms with Gasteiger partial charge in [-0.3, -0.25) is 0 Å². The highest BCUT2D eigenvalue weighted by Crippen LogP contribution is 2.47. The minimum absolute atomic E-state index is 0.0608.